The zero-order chi connectivity index (χ0) is 19.1. The topological polar surface area (TPSA) is 98.7 Å². The number of carbonyl (C=O) groups is 1. The first-order chi connectivity index (χ1) is 12.1. The number of ether oxygens (including phenoxy) is 1. The van der Waals surface area contributed by atoms with E-state index in [-0.39, 0.29) is 17.9 Å². The molecule has 1 saturated heterocycles. The van der Waals surface area contributed by atoms with Gasteiger partial charge >= 0.3 is 17.6 Å². The van der Waals surface area contributed by atoms with Crippen molar-refractivity contribution in [2.45, 2.75) is 46.1 Å². The quantitative estimate of drug-likeness (QED) is 0.650. The Bertz CT molecular complexity index is 890. The molecule has 0 saturated carbocycles. The van der Waals surface area contributed by atoms with E-state index in [2.05, 4.69) is 4.98 Å². The predicted molar refractivity (Wildman–Crippen MR) is 100 cm³/mol. The van der Waals surface area contributed by atoms with E-state index < -0.39 is 11.2 Å². The van der Waals surface area contributed by atoms with Crippen LogP contribution < -0.4 is 16.3 Å². The van der Waals surface area contributed by atoms with Crippen molar-refractivity contribution in [3.05, 3.63) is 28.1 Å². The van der Waals surface area contributed by atoms with Crippen LogP contribution >= 0.6 is 0 Å². The Morgan fingerprint density at radius 2 is 1.96 bits per heavy atom. The van der Waals surface area contributed by atoms with E-state index in [0.717, 1.165) is 5.56 Å². The number of fused-ring (bicyclic) bond motifs is 1. The number of aromatic nitrogens is 1. The first-order valence-electron chi connectivity index (χ1n) is 8.83. The van der Waals surface area contributed by atoms with E-state index in [0.29, 0.717) is 42.5 Å². The minimum Gasteiger partial charge on any atom is -0.460 e. The lowest BCUT2D eigenvalue weighted by atomic mass is 9.97. The molecule has 7 nitrogen and oxygen atoms in total. The normalized spacial score (nSPS) is 16.1. The number of hydrogen-bond donors (Lipinski definition) is 1. The number of rotatable bonds is 2. The molecular formula is C19H25N3O4. The summed E-state index contributed by atoms with van der Waals surface area (Å²) < 4.78 is 10.9. The Morgan fingerprint density at radius 1 is 1.31 bits per heavy atom. The summed E-state index contributed by atoms with van der Waals surface area (Å²) in [5, 5.41) is 0.451. The van der Waals surface area contributed by atoms with Gasteiger partial charge in [0.25, 0.3) is 0 Å². The molecular weight excluding hydrogens is 334 g/mol. The summed E-state index contributed by atoms with van der Waals surface area (Å²) in [6, 6.07) is 3.68. The fraction of sp³-hybridized carbons (Fsp3) is 0.526. The van der Waals surface area contributed by atoms with Gasteiger partial charge < -0.3 is 19.8 Å². The zero-order valence-corrected chi connectivity index (χ0v) is 15.7. The Balaban J connectivity index is 1.78. The Morgan fingerprint density at radius 3 is 2.58 bits per heavy atom. The average molecular weight is 359 g/mol. The molecule has 0 amide bonds. The van der Waals surface area contributed by atoms with Gasteiger partial charge in [-0.1, -0.05) is 0 Å². The maximum Gasteiger partial charge on any atom is 0.348 e. The molecule has 3 rings (SSSR count). The third-order valence-electron chi connectivity index (χ3n) is 4.45. The van der Waals surface area contributed by atoms with E-state index >= 15 is 0 Å². The van der Waals surface area contributed by atoms with Crippen LogP contribution in [0.5, 0.6) is 0 Å². The maximum atomic E-state index is 12.4. The van der Waals surface area contributed by atoms with Gasteiger partial charge in [-0.3, -0.25) is 4.79 Å². The summed E-state index contributed by atoms with van der Waals surface area (Å²) in [5.41, 5.74) is 6.80. The van der Waals surface area contributed by atoms with Crippen LogP contribution in [0.4, 0.5) is 11.7 Å². The summed E-state index contributed by atoms with van der Waals surface area (Å²) >= 11 is 0. The van der Waals surface area contributed by atoms with Crippen molar-refractivity contribution in [3.63, 3.8) is 0 Å². The van der Waals surface area contributed by atoms with E-state index in [1.54, 1.807) is 12.1 Å². The maximum absolute atomic E-state index is 12.4. The van der Waals surface area contributed by atoms with Crippen molar-refractivity contribution in [2.75, 3.05) is 23.7 Å². The van der Waals surface area contributed by atoms with Gasteiger partial charge in [0.15, 0.2) is 0 Å². The van der Waals surface area contributed by atoms with Crippen LogP contribution in [0.2, 0.25) is 0 Å². The Labute approximate surface area is 152 Å². The molecule has 0 spiro atoms. The molecule has 1 aromatic carbocycles. The number of nitrogen functional groups attached to an aromatic ring is 1. The molecule has 0 unspecified atom stereocenters. The van der Waals surface area contributed by atoms with Crippen LogP contribution in [0, 0.1) is 12.8 Å². The van der Waals surface area contributed by atoms with Crippen molar-refractivity contribution in [1.82, 2.24) is 4.98 Å². The molecule has 1 aliphatic heterocycles. The highest BCUT2D eigenvalue weighted by Crippen LogP contribution is 2.26. The van der Waals surface area contributed by atoms with Crippen LogP contribution in [0.15, 0.2) is 21.3 Å². The number of piperidine rings is 1. The first kappa shape index (κ1) is 18.2. The molecule has 0 atom stereocenters. The van der Waals surface area contributed by atoms with E-state index in [1.807, 2.05) is 32.6 Å². The molecule has 1 fully saturated rings. The van der Waals surface area contributed by atoms with Crippen molar-refractivity contribution in [2.24, 2.45) is 5.92 Å². The van der Waals surface area contributed by atoms with E-state index in [9.17, 15) is 9.59 Å². The van der Waals surface area contributed by atoms with Gasteiger partial charge in [0, 0.05) is 18.8 Å². The third-order valence-corrected chi connectivity index (χ3v) is 4.45. The summed E-state index contributed by atoms with van der Waals surface area (Å²) in [6.07, 6.45) is 1.27. The molecule has 26 heavy (non-hydrogen) atoms. The zero-order valence-electron chi connectivity index (χ0n) is 15.7. The SMILES string of the molecule is Cc1cc(N)cc2nc(N3CCC(C(=O)OC(C)(C)C)CC3)oc(=O)c12. The summed E-state index contributed by atoms with van der Waals surface area (Å²) in [6.45, 7) is 8.55. The number of nitrogens with two attached hydrogens (primary N) is 1. The first-order valence-corrected chi connectivity index (χ1v) is 8.83. The van der Waals surface area contributed by atoms with Crippen molar-refractivity contribution < 1.29 is 13.9 Å². The molecule has 0 aliphatic carbocycles. The molecule has 0 radical (unpaired) electrons. The third kappa shape index (κ3) is 3.81. The van der Waals surface area contributed by atoms with Gasteiger partial charge in [-0.2, -0.15) is 4.98 Å². The number of anilines is 2. The second kappa shape index (κ2) is 6.63. The summed E-state index contributed by atoms with van der Waals surface area (Å²) in [4.78, 5) is 30.9. The second-order valence-corrected chi connectivity index (χ2v) is 7.81. The minimum atomic E-state index is -0.487. The van der Waals surface area contributed by atoms with Gasteiger partial charge in [-0.25, -0.2) is 4.79 Å². The van der Waals surface area contributed by atoms with Crippen LogP contribution in [-0.4, -0.2) is 29.6 Å². The monoisotopic (exact) mass is 359 g/mol. The van der Waals surface area contributed by atoms with Crippen LogP contribution in [-0.2, 0) is 9.53 Å². The standard InChI is InChI=1S/C19H25N3O4/c1-11-9-13(20)10-14-15(11)17(24)25-18(21-14)22-7-5-12(6-8-22)16(23)26-19(2,3)4/h9-10,12H,5-8,20H2,1-4H3. The number of carbonyl (C=O) groups excluding carboxylic acids is 1. The minimum absolute atomic E-state index is 0.143. The van der Waals surface area contributed by atoms with Crippen molar-refractivity contribution in [3.8, 4) is 0 Å². The van der Waals surface area contributed by atoms with Gasteiger partial charge in [-0.15, -0.1) is 0 Å². The Hall–Kier alpha value is -2.57. The molecule has 2 heterocycles. The van der Waals surface area contributed by atoms with Gasteiger partial charge in [0.2, 0.25) is 0 Å². The van der Waals surface area contributed by atoms with Crippen molar-refractivity contribution >= 4 is 28.6 Å². The van der Waals surface area contributed by atoms with Crippen LogP contribution in [0.25, 0.3) is 10.9 Å². The lowest BCUT2D eigenvalue weighted by Crippen LogP contribution is -2.39. The van der Waals surface area contributed by atoms with E-state index in [1.165, 1.54) is 0 Å². The summed E-state index contributed by atoms with van der Waals surface area (Å²) in [7, 11) is 0. The lowest BCUT2D eigenvalue weighted by molar-refractivity contribution is -0.160. The highest BCUT2D eigenvalue weighted by atomic mass is 16.6. The predicted octanol–water partition coefficient (Wildman–Crippen LogP) is 2.64. The molecule has 1 aromatic heterocycles. The smallest absolute Gasteiger partial charge is 0.348 e. The fourth-order valence-electron chi connectivity index (χ4n) is 3.24. The van der Waals surface area contributed by atoms with Crippen LogP contribution in [0.3, 0.4) is 0 Å². The van der Waals surface area contributed by atoms with Gasteiger partial charge in [-0.05, 0) is 58.2 Å². The molecule has 2 aromatic rings. The molecule has 1 aliphatic rings. The number of esters is 1. The molecule has 0 bridgehead atoms. The summed E-state index contributed by atoms with van der Waals surface area (Å²) in [5.74, 6) is -0.316. The molecule has 140 valence electrons. The highest BCUT2D eigenvalue weighted by molar-refractivity contribution is 5.84. The molecule has 2 N–H and O–H groups in total. The lowest BCUT2D eigenvalue weighted by Gasteiger charge is -2.32. The van der Waals surface area contributed by atoms with Crippen LogP contribution in [0.1, 0.15) is 39.2 Å². The highest BCUT2D eigenvalue weighted by Gasteiger charge is 2.30. The Kier molecular flexibility index (Phi) is 4.64. The second-order valence-electron chi connectivity index (χ2n) is 7.81. The number of hydrogen-bond acceptors (Lipinski definition) is 7. The van der Waals surface area contributed by atoms with Gasteiger partial charge in [0.05, 0.1) is 16.8 Å². The van der Waals surface area contributed by atoms with Crippen molar-refractivity contribution in [1.29, 1.82) is 0 Å². The number of aryl methyl sites for hydroxylation is 1. The van der Waals surface area contributed by atoms with Gasteiger partial charge in [0.1, 0.15) is 5.60 Å². The number of nitrogens with zero attached hydrogens (tertiary/aromatic N) is 2. The molecule has 7 heteroatoms. The number of benzene rings is 1. The largest absolute Gasteiger partial charge is 0.460 e. The van der Waals surface area contributed by atoms with E-state index in [4.69, 9.17) is 14.9 Å². The average Bonchev–Trinajstić information content (AvgIpc) is 2.52. The fourth-order valence-corrected chi connectivity index (χ4v) is 3.24.